The molecule has 0 bridgehead atoms. The molecule has 30 heavy (non-hydrogen) atoms. The van der Waals surface area contributed by atoms with Crippen molar-refractivity contribution in [3.05, 3.63) is 73.8 Å². The zero-order valence-electron chi connectivity index (χ0n) is 17.4. The molecule has 7 nitrogen and oxygen atoms in total. The van der Waals surface area contributed by atoms with Crippen molar-refractivity contribution in [3.8, 4) is 17.2 Å². The number of thiazole rings is 1. The summed E-state index contributed by atoms with van der Waals surface area (Å²) in [6.07, 6.45) is 0. The van der Waals surface area contributed by atoms with Crippen LogP contribution in [0.1, 0.15) is 26.5 Å². The Balaban J connectivity index is 1.76. The lowest BCUT2D eigenvalue weighted by Crippen LogP contribution is -2.23. The Bertz CT molecular complexity index is 1100. The fourth-order valence-electron chi connectivity index (χ4n) is 3.13. The van der Waals surface area contributed by atoms with Crippen LogP contribution in [0.2, 0.25) is 0 Å². The van der Waals surface area contributed by atoms with Crippen molar-refractivity contribution in [2.24, 2.45) is 0 Å². The van der Waals surface area contributed by atoms with E-state index in [1.807, 2.05) is 30.3 Å². The van der Waals surface area contributed by atoms with Gasteiger partial charge in [-0.15, -0.1) is 0 Å². The molecule has 0 fully saturated rings. The Labute approximate surface area is 178 Å². The van der Waals surface area contributed by atoms with E-state index in [9.17, 15) is 9.59 Å². The van der Waals surface area contributed by atoms with Gasteiger partial charge in [0.1, 0.15) is 10.6 Å². The summed E-state index contributed by atoms with van der Waals surface area (Å²) in [5.41, 5.74) is 2.36. The van der Waals surface area contributed by atoms with Crippen LogP contribution in [0.15, 0.2) is 47.3 Å². The highest BCUT2D eigenvalue weighted by Gasteiger charge is 2.18. The molecule has 1 heterocycles. The molecule has 0 saturated heterocycles. The average Bonchev–Trinajstić information content (AvgIpc) is 3.05. The number of hydrogen-bond donors (Lipinski definition) is 1. The van der Waals surface area contributed by atoms with E-state index < -0.39 is 0 Å². The molecule has 1 amide bonds. The number of nitrogens with zero attached hydrogens (tertiary/aromatic N) is 1. The number of ether oxygens (including phenoxy) is 3. The summed E-state index contributed by atoms with van der Waals surface area (Å²) in [5, 5.41) is 2.87. The van der Waals surface area contributed by atoms with Crippen LogP contribution in [0.5, 0.6) is 17.2 Å². The lowest BCUT2D eigenvalue weighted by Gasteiger charge is -2.11. The van der Waals surface area contributed by atoms with Crippen LogP contribution < -0.4 is 24.4 Å². The number of benzene rings is 2. The van der Waals surface area contributed by atoms with Crippen LogP contribution in [-0.4, -0.2) is 31.8 Å². The monoisotopic (exact) mass is 428 g/mol. The molecule has 0 aliphatic rings. The minimum Gasteiger partial charge on any atom is -0.496 e. The first-order chi connectivity index (χ1) is 14.5. The summed E-state index contributed by atoms with van der Waals surface area (Å²) >= 11 is 0.941. The number of amides is 1. The zero-order valence-corrected chi connectivity index (χ0v) is 18.2. The van der Waals surface area contributed by atoms with Crippen LogP contribution in [0.4, 0.5) is 0 Å². The van der Waals surface area contributed by atoms with Crippen molar-refractivity contribution < 1.29 is 19.0 Å². The Kier molecular flexibility index (Phi) is 6.79. The van der Waals surface area contributed by atoms with Gasteiger partial charge in [0.2, 0.25) is 0 Å². The second-order valence-corrected chi connectivity index (χ2v) is 7.51. The minimum atomic E-state index is -0.289. The van der Waals surface area contributed by atoms with Gasteiger partial charge in [0.25, 0.3) is 5.91 Å². The SMILES string of the molecule is COc1ccccc1Cn1c(C)c(C(=O)NCc2ccc(OC)c(OC)c2)sc1=O. The highest BCUT2D eigenvalue weighted by molar-refractivity contribution is 7.11. The first-order valence-corrected chi connectivity index (χ1v) is 10.1. The molecule has 1 N–H and O–H groups in total. The van der Waals surface area contributed by atoms with Crippen molar-refractivity contribution in [2.75, 3.05) is 21.3 Å². The molecule has 2 aromatic carbocycles. The van der Waals surface area contributed by atoms with Crippen LogP contribution in [0.3, 0.4) is 0 Å². The summed E-state index contributed by atoms with van der Waals surface area (Å²) in [6, 6.07) is 13.0. The normalized spacial score (nSPS) is 10.5. The fourth-order valence-corrected chi connectivity index (χ4v) is 4.04. The quantitative estimate of drug-likeness (QED) is 0.596. The average molecular weight is 429 g/mol. The van der Waals surface area contributed by atoms with Gasteiger partial charge in [-0.2, -0.15) is 0 Å². The van der Waals surface area contributed by atoms with Gasteiger partial charge in [0, 0.05) is 17.8 Å². The number of methoxy groups -OCH3 is 3. The van der Waals surface area contributed by atoms with Gasteiger partial charge < -0.3 is 19.5 Å². The highest BCUT2D eigenvalue weighted by Crippen LogP contribution is 2.27. The second-order valence-electron chi connectivity index (χ2n) is 6.55. The molecule has 3 rings (SSSR count). The van der Waals surface area contributed by atoms with Crippen molar-refractivity contribution in [2.45, 2.75) is 20.0 Å². The first-order valence-electron chi connectivity index (χ1n) is 9.29. The number of para-hydroxylation sites is 1. The summed E-state index contributed by atoms with van der Waals surface area (Å²) < 4.78 is 17.5. The van der Waals surface area contributed by atoms with Crippen molar-refractivity contribution >= 4 is 17.2 Å². The number of carbonyl (C=O) groups is 1. The predicted octanol–water partition coefficient (Wildman–Crippen LogP) is 3.22. The molecule has 1 aromatic heterocycles. The number of carbonyl (C=O) groups excluding carboxylic acids is 1. The molecule has 0 aliphatic heterocycles. The Morgan fingerprint density at radius 3 is 2.40 bits per heavy atom. The molecule has 3 aromatic rings. The molecular weight excluding hydrogens is 404 g/mol. The maximum absolute atomic E-state index is 12.7. The molecule has 0 radical (unpaired) electrons. The zero-order chi connectivity index (χ0) is 21.7. The van der Waals surface area contributed by atoms with Gasteiger partial charge in [0.05, 0.1) is 27.9 Å². The van der Waals surface area contributed by atoms with E-state index in [0.717, 1.165) is 22.5 Å². The van der Waals surface area contributed by atoms with E-state index in [0.29, 0.717) is 40.9 Å². The van der Waals surface area contributed by atoms with Gasteiger partial charge in [-0.25, -0.2) is 0 Å². The Morgan fingerprint density at radius 1 is 1.00 bits per heavy atom. The molecule has 0 atom stereocenters. The van der Waals surface area contributed by atoms with E-state index in [4.69, 9.17) is 14.2 Å². The lowest BCUT2D eigenvalue weighted by atomic mass is 10.2. The van der Waals surface area contributed by atoms with Gasteiger partial charge in [-0.05, 0) is 30.7 Å². The predicted molar refractivity (Wildman–Crippen MR) is 116 cm³/mol. The molecule has 0 unspecified atom stereocenters. The fraction of sp³-hybridized carbons (Fsp3) is 0.273. The number of rotatable bonds is 8. The molecule has 0 spiro atoms. The lowest BCUT2D eigenvalue weighted by molar-refractivity contribution is 0.0954. The molecule has 158 valence electrons. The van der Waals surface area contributed by atoms with E-state index in [-0.39, 0.29) is 10.8 Å². The number of hydrogen-bond acceptors (Lipinski definition) is 6. The molecular formula is C22H24N2O5S. The maximum Gasteiger partial charge on any atom is 0.308 e. The third-order valence-corrected chi connectivity index (χ3v) is 5.85. The second kappa shape index (κ2) is 9.49. The van der Waals surface area contributed by atoms with Gasteiger partial charge in [-0.1, -0.05) is 35.6 Å². The van der Waals surface area contributed by atoms with Gasteiger partial charge in [-0.3, -0.25) is 14.2 Å². The van der Waals surface area contributed by atoms with Crippen molar-refractivity contribution in [3.63, 3.8) is 0 Å². The van der Waals surface area contributed by atoms with Crippen LogP contribution in [0.25, 0.3) is 0 Å². The summed E-state index contributed by atoms with van der Waals surface area (Å²) in [4.78, 5) is 25.5. The topological polar surface area (TPSA) is 78.8 Å². The van der Waals surface area contributed by atoms with Crippen molar-refractivity contribution in [1.82, 2.24) is 9.88 Å². The third-order valence-electron chi connectivity index (χ3n) is 4.77. The van der Waals surface area contributed by atoms with Crippen LogP contribution in [0, 0.1) is 6.92 Å². The summed E-state index contributed by atoms with van der Waals surface area (Å²) in [5.74, 6) is 1.63. The number of nitrogens with one attached hydrogen (secondary N) is 1. The summed E-state index contributed by atoms with van der Waals surface area (Å²) in [6.45, 7) is 2.42. The number of aromatic nitrogens is 1. The van der Waals surface area contributed by atoms with Crippen LogP contribution >= 0.6 is 11.3 Å². The Hall–Kier alpha value is -3.26. The highest BCUT2D eigenvalue weighted by atomic mass is 32.1. The largest absolute Gasteiger partial charge is 0.496 e. The van der Waals surface area contributed by atoms with E-state index in [1.54, 1.807) is 45.0 Å². The van der Waals surface area contributed by atoms with E-state index in [1.165, 1.54) is 0 Å². The van der Waals surface area contributed by atoms with Gasteiger partial charge in [0.15, 0.2) is 11.5 Å². The third kappa shape index (κ3) is 4.49. The first kappa shape index (κ1) is 21.4. The van der Waals surface area contributed by atoms with Gasteiger partial charge >= 0.3 is 4.87 Å². The molecule has 8 heteroatoms. The van der Waals surface area contributed by atoms with E-state index >= 15 is 0 Å². The Morgan fingerprint density at radius 2 is 1.70 bits per heavy atom. The smallest absolute Gasteiger partial charge is 0.308 e. The summed E-state index contributed by atoms with van der Waals surface area (Å²) in [7, 11) is 4.72. The minimum absolute atomic E-state index is 0.185. The molecule has 0 aliphatic carbocycles. The maximum atomic E-state index is 12.7. The van der Waals surface area contributed by atoms with E-state index in [2.05, 4.69) is 5.32 Å². The standard InChI is InChI=1S/C22H24N2O5S/c1-14-20(21(25)23-12-15-9-10-18(28-3)19(11-15)29-4)30-22(26)24(14)13-16-7-5-6-8-17(16)27-2/h5-11H,12-13H2,1-4H3,(H,23,25). The van der Waals surface area contributed by atoms with Crippen molar-refractivity contribution in [1.29, 1.82) is 0 Å². The molecule has 0 saturated carbocycles. The van der Waals surface area contributed by atoms with Crippen LogP contribution in [-0.2, 0) is 13.1 Å².